The van der Waals surface area contributed by atoms with Crippen LogP contribution in [0.3, 0.4) is 0 Å². The number of hydrogen-bond acceptors (Lipinski definition) is 3. The largest absolute Gasteiger partial charge is 0.496 e. The molecular weight excluding hydrogens is 280 g/mol. The molecule has 0 radical (unpaired) electrons. The van der Waals surface area contributed by atoms with Gasteiger partial charge in [-0.3, -0.25) is 0 Å². The second-order valence-electron chi connectivity index (χ2n) is 5.91. The van der Waals surface area contributed by atoms with Gasteiger partial charge in [0.2, 0.25) is 0 Å². The summed E-state index contributed by atoms with van der Waals surface area (Å²) in [6.45, 7) is 0.131. The summed E-state index contributed by atoms with van der Waals surface area (Å²) in [5, 5.41) is 15.1. The molecule has 22 heavy (non-hydrogen) atoms. The molecule has 5 nitrogen and oxygen atoms in total. The van der Waals surface area contributed by atoms with Crippen LogP contribution in [0.25, 0.3) is 0 Å². The molecule has 1 aromatic rings. The molecule has 1 aromatic carbocycles. The van der Waals surface area contributed by atoms with Crippen molar-refractivity contribution in [3.8, 4) is 5.75 Å². The number of nitrogens with one attached hydrogen (secondary N) is 2. The van der Waals surface area contributed by atoms with E-state index in [1.165, 1.54) is 5.56 Å². The zero-order valence-corrected chi connectivity index (χ0v) is 12.7. The zero-order valence-electron chi connectivity index (χ0n) is 12.7. The molecule has 0 aromatic heterocycles. The Morgan fingerprint density at radius 2 is 2.23 bits per heavy atom. The average molecular weight is 302 g/mol. The molecule has 0 saturated carbocycles. The standard InChI is InChI=1S/C17H22N2O3/c1-22-16-4-2-3-13-14(16)7-8-15(13)19-17(21)18-12-6-5-11(9-12)10-20/h2-6,11-12,15,20H,7-10H2,1H3,(H2,18,19,21)/t11-,12+,15?/m0/s1. The third kappa shape index (κ3) is 2.95. The zero-order chi connectivity index (χ0) is 15.5. The Morgan fingerprint density at radius 3 is 2.95 bits per heavy atom. The lowest BCUT2D eigenvalue weighted by Crippen LogP contribution is -2.42. The van der Waals surface area contributed by atoms with Crippen LogP contribution in [0.1, 0.15) is 30.0 Å². The molecule has 0 aliphatic heterocycles. The topological polar surface area (TPSA) is 70.6 Å². The van der Waals surface area contributed by atoms with Crippen molar-refractivity contribution in [1.82, 2.24) is 10.6 Å². The normalized spacial score (nSPS) is 25.8. The van der Waals surface area contributed by atoms with Crippen LogP contribution in [0.2, 0.25) is 0 Å². The van der Waals surface area contributed by atoms with Gasteiger partial charge >= 0.3 is 6.03 Å². The molecule has 3 atom stereocenters. The van der Waals surface area contributed by atoms with Crippen molar-refractivity contribution in [2.24, 2.45) is 5.92 Å². The number of rotatable bonds is 4. The highest BCUT2D eigenvalue weighted by Crippen LogP contribution is 2.36. The second kappa shape index (κ2) is 6.40. The maximum absolute atomic E-state index is 12.2. The Hall–Kier alpha value is -2.01. The van der Waals surface area contributed by atoms with Crippen LogP contribution in [-0.4, -0.2) is 30.9 Å². The van der Waals surface area contributed by atoms with Gasteiger partial charge in [-0.1, -0.05) is 24.3 Å². The predicted octanol–water partition coefficient (Wildman–Crippen LogP) is 1.92. The van der Waals surface area contributed by atoms with Crippen molar-refractivity contribution in [3.05, 3.63) is 41.5 Å². The lowest BCUT2D eigenvalue weighted by atomic mass is 10.1. The molecule has 3 N–H and O–H groups in total. The minimum Gasteiger partial charge on any atom is -0.496 e. The first-order valence-corrected chi connectivity index (χ1v) is 7.73. The van der Waals surface area contributed by atoms with E-state index in [1.807, 2.05) is 30.4 Å². The lowest BCUT2D eigenvalue weighted by molar-refractivity contribution is 0.228. The van der Waals surface area contributed by atoms with Gasteiger partial charge in [0.25, 0.3) is 0 Å². The van der Waals surface area contributed by atoms with Crippen molar-refractivity contribution in [1.29, 1.82) is 0 Å². The van der Waals surface area contributed by atoms with Crippen LogP contribution in [0.5, 0.6) is 5.75 Å². The van der Waals surface area contributed by atoms with E-state index < -0.39 is 0 Å². The molecule has 0 fully saturated rings. The summed E-state index contributed by atoms with van der Waals surface area (Å²) >= 11 is 0. The van der Waals surface area contributed by atoms with Gasteiger partial charge in [0.1, 0.15) is 5.75 Å². The molecular formula is C17H22N2O3. The predicted molar refractivity (Wildman–Crippen MR) is 83.8 cm³/mol. The van der Waals surface area contributed by atoms with Crippen LogP contribution < -0.4 is 15.4 Å². The number of carbonyl (C=O) groups excluding carboxylic acids is 1. The number of urea groups is 1. The van der Waals surface area contributed by atoms with Crippen LogP contribution in [0.4, 0.5) is 4.79 Å². The van der Waals surface area contributed by atoms with E-state index in [-0.39, 0.29) is 30.6 Å². The van der Waals surface area contributed by atoms with Gasteiger partial charge < -0.3 is 20.5 Å². The van der Waals surface area contributed by atoms with Crippen molar-refractivity contribution < 1.29 is 14.6 Å². The number of aliphatic hydroxyl groups excluding tert-OH is 1. The van der Waals surface area contributed by atoms with Gasteiger partial charge in [-0.05, 0) is 36.5 Å². The first kappa shape index (κ1) is 14.9. The fraction of sp³-hybridized carbons (Fsp3) is 0.471. The van der Waals surface area contributed by atoms with Crippen LogP contribution in [-0.2, 0) is 6.42 Å². The Morgan fingerprint density at radius 1 is 1.36 bits per heavy atom. The number of hydrogen-bond donors (Lipinski definition) is 3. The minimum absolute atomic E-state index is 0.00309. The minimum atomic E-state index is -0.158. The Balaban J connectivity index is 1.59. The van der Waals surface area contributed by atoms with E-state index in [9.17, 15) is 4.79 Å². The van der Waals surface area contributed by atoms with Gasteiger partial charge in [0.15, 0.2) is 0 Å². The number of carbonyl (C=O) groups is 1. The summed E-state index contributed by atoms with van der Waals surface area (Å²) in [5.74, 6) is 1.05. The number of amides is 2. The maximum Gasteiger partial charge on any atom is 0.315 e. The highest BCUT2D eigenvalue weighted by molar-refractivity contribution is 5.75. The summed E-state index contributed by atoms with van der Waals surface area (Å²) in [4.78, 5) is 12.2. The summed E-state index contributed by atoms with van der Waals surface area (Å²) < 4.78 is 5.38. The molecule has 0 heterocycles. The Bertz CT molecular complexity index is 585. The van der Waals surface area contributed by atoms with E-state index >= 15 is 0 Å². The SMILES string of the molecule is COc1cccc2c1CCC2NC(=O)N[C@@H]1C=C[C@H](CO)C1. The van der Waals surface area contributed by atoms with Gasteiger partial charge in [0, 0.05) is 18.6 Å². The van der Waals surface area contributed by atoms with Crippen LogP contribution >= 0.6 is 0 Å². The molecule has 2 aliphatic carbocycles. The summed E-state index contributed by atoms with van der Waals surface area (Å²) in [5.41, 5.74) is 2.33. The highest BCUT2D eigenvalue weighted by Gasteiger charge is 2.27. The van der Waals surface area contributed by atoms with E-state index in [1.54, 1.807) is 7.11 Å². The van der Waals surface area contributed by atoms with Crippen molar-refractivity contribution >= 4 is 6.03 Å². The number of aliphatic hydroxyl groups is 1. The molecule has 3 rings (SSSR count). The molecule has 118 valence electrons. The van der Waals surface area contributed by atoms with Crippen LogP contribution in [0.15, 0.2) is 30.4 Å². The molecule has 0 spiro atoms. The Labute approximate surface area is 130 Å². The highest BCUT2D eigenvalue weighted by atomic mass is 16.5. The van der Waals surface area contributed by atoms with Gasteiger partial charge in [0.05, 0.1) is 13.2 Å². The van der Waals surface area contributed by atoms with E-state index in [0.717, 1.165) is 30.6 Å². The maximum atomic E-state index is 12.2. The van der Waals surface area contributed by atoms with E-state index in [2.05, 4.69) is 10.6 Å². The molecule has 0 bridgehead atoms. The quantitative estimate of drug-likeness (QED) is 0.744. The van der Waals surface area contributed by atoms with E-state index in [4.69, 9.17) is 9.84 Å². The fourth-order valence-corrected chi connectivity index (χ4v) is 3.35. The molecule has 2 aliphatic rings. The summed E-state index contributed by atoms with van der Waals surface area (Å²) in [7, 11) is 1.67. The summed E-state index contributed by atoms with van der Waals surface area (Å²) in [6, 6.07) is 5.84. The lowest BCUT2D eigenvalue weighted by Gasteiger charge is -2.18. The number of ether oxygens (including phenoxy) is 1. The monoisotopic (exact) mass is 302 g/mol. The Kier molecular flexibility index (Phi) is 4.34. The van der Waals surface area contributed by atoms with Crippen molar-refractivity contribution in [3.63, 3.8) is 0 Å². The smallest absolute Gasteiger partial charge is 0.315 e. The second-order valence-corrected chi connectivity index (χ2v) is 5.91. The van der Waals surface area contributed by atoms with Gasteiger partial charge in [-0.2, -0.15) is 0 Å². The molecule has 5 heteroatoms. The third-order valence-corrected chi connectivity index (χ3v) is 4.48. The first-order valence-electron chi connectivity index (χ1n) is 7.73. The van der Waals surface area contributed by atoms with Gasteiger partial charge in [-0.25, -0.2) is 4.79 Å². The first-order chi connectivity index (χ1) is 10.7. The van der Waals surface area contributed by atoms with E-state index in [0.29, 0.717) is 0 Å². The number of fused-ring (bicyclic) bond motifs is 1. The average Bonchev–Trinajstić information content (AvgIpc) is 3.14. The van der Waals surface area contributed by atoms with Crippen molar-refractivity contribution in [2.45, 2.75) is 31.3 Å². The molecule has 0 saturated heterocycles. The van der Waals surface area contributed by atoms with Crippen molar-refractivity contribution in [2.75, 3.05) is 13.7 Å². The van der Waals surface area contributed by atoms with Gasteiger partial charge in [-0.15, -0.1) is 0 Å². The number of benzene rings is 1. The fourth-order valence-electron chi connectivity index (χ4n) is 3.35. The summed E-state index contributed by atoms with van der Waals surface area (Å²) in [6.07, 6.45) is 6.48. The third-order valence-electron chi connectivity index (χ3n) is 4.48. The van der Waals surface area contributed by atoms with Crippen LogP contribution in [0, 0.1) is 5.92 Å². The number of methoxy groups -OCH3 is 1. The molecule has 1 unspecified atom stereocenters. The molecule has 2 amide bonds.